The van der Waals surface area contributed by atoms with Crippen molar-refractivity contribution in [1.82, 2.24) is 20.9 Å². The van der Waals surface area contributed by atoms with Crippen LogP contribution in [-0.2, 0) is 14.4 Å². The highest BCUT2D eigenvalue weighted by Crippen LogP contribution is 2.21. The second kappa shape index (κ2) is 11.6. The Morgan fingerprint density at radius 2 is 2.03 bits per heavy atom. The minimum Gasteiger partial charge on any atom is -0.370 e. The summed E-state index contributed by atoms with van der Waals surface area (Å²) in [7, 11) is 0. The minimum atomic E-state index is -0.748. The molecule has 3 rings (SSSR count). The van der Waals surface area contributed by atoms with E-state index >= 15 is 0 Å². The van der Waals surface area contributed by atoms with Crippen molar-refractivity contribution in [2.45, 2.75) is 56.7 Å². The molecule has 2 aliphatic rings. The van der Waals surface area contributed by atoms with Crippen LogP contribution in [0.2, 0.25) is 0 Å². The summed E-state index contributed by atoms with van der Waals surface area (Å²) in [6, 6.07) is 3.63. The van der Waals surface area contributed by atoms with E-state index in [9.17, 15) is 23.6 Å². The number of amides is 5. The molecule has 2 aliphatic heterocycles. The van der Waals surface area contributed by atoms with Crippen molar-refractivity contribution in [3.63, 3.8) is 0 Å². The van der Waals surface area contributed by atoms with Gasteiger partial charge in [0.15, 0.2) is 0 Å². The van der Waals surface area contributed by atoms with Crippen molar-refractivity contribution in [1.29, 1.82) is 0 Å². The smallest absolute Gasteiger partial charge is 0.319 e. The number of nitrogens with zero attached hydrogens (tertiary/aromatic N) is 1. The molecule has 0 aromatic heterocycles. The summed E-state index contributed by atoms with van der Waals surface area (Å²) in [5.74, 6) is -1.36. The summed E-state index contributed by atoms with van der Waals surface area (Å²) in [6.45, 7) is 1.35. The highest BCUT2D eigenvalue weighted by Gasteiger charge is 2.39. The van der Waals surface area contributed by atoms with Gasteiger partial charge in [0.1, 0.15) is 11.9 Å². The molecule has 5 amide bonds. The number of urea groups is 1. The Labute approximate surface area is 191 Å². The topological polar surface area (TPSA) is 146 Å². The predicted octanol–water partition coefficient (Wildman–Crippen LogP) is 0.441. The predicted molar refractivity (Wildman–Crippen MR) is 120 cm³/mol. The zero-order valence-corrected chi connectivity index (χ0v) is 18.4. The van der Waals surface area contributed by atoms with Gasteiger partial charge in [-0.1, -0.05) is 6.07 Å². The number of hydrogen-bond acceptors (Lipinski definition) is 5. The number of anilines is 1. The van der Waals surface area contributed by atoms with Gasteiger partial charge >= 0.3 is 6.03 Å². The lowest BCUT2D eigenvalue weighted by atomic mass is 9.95. The van der Waals surface area contributed by atoms with Crippen LogP contribution in [0.5, 0.6) is 0 Å². The molecule has 0 saturated carbocycles. The molecule has 180 valence electrons. The number of piperidine rings is 1. The third-order valence-electron chi connectivity index (χ3n) is 5.86. The van der Waals surface area contributed by atoms with Crippen molar-refractivity contribution in [3.8, 4) is 0 Å². The molecule has 3 atom stereocenters. The maximum Gasteiger partial charge on any atom is 0.319 e. The fourth-order valence-electron chi connectivity index (χ4n) is 4.22. The van der Waals surface area contributed by atoms with Crippen LogP contribution in [0, 0.1) is 5.82 Å². The van der Waals surface area contributed by atoms with Gasteiger partial charge in [0.05, 0.1) is 6.04 Å². The lowest BCUT2D eigenvalue weighted by Gasteiger charge is -2.40. The van der Waals surface area contributed by atoms with Crippen LogP contribution in [-0.4, -0.2) is 66.4 Å². The van der Waals surface area contributed by atoms with E-state index in [4.69, 9.17) is 5.73 Å². The van der Waals surface area contributed by atoms with E-state index in [0.717, 1.165) is 19.4 Å². The van der Waals surface area contributed by atoms with Crippen LogP contribution in [0.3, 0.4) is 0 Å². The Kier molecular flexibility index (Phi) is 8.58. The van der Waals surface area contributed by atoms with E-state index in [0.29, 0.717) is 25.1 Å². The lowest BCUT2D eigenvalue weighted by molar-refractivity contribution is -0.144. The van der Waals surface area contributed by atoms with Gasteiger partial charge in [-0.2, -0.15) is 0 Å². The van der Waals surface area contributed by atoms with Gasteiger partial charge in [0.25, 0.3) is 0 Å². The number of likely N-dealkylation sites (tertiary alicyclic amines) is 1. The van der Waals surface area contributed by atoms with E-state index in [1.165, 1.54) is 18.2 Å². The fraction of sp³-hybridized carbons (Fsp3) is 0.545. The SMILES string of the molecule is NC(=O)CCCNC(=O)[C@@H]1C[C@H](NC(=O)Nc2cccc(F)c2)CCN1C(=O)[C@H]1CCCN1. The zero-order valence-electron chi connectivity index (χ0n) is 18.4. The van der Waals surface area contributed by atoms with Crippen LogP contribution in [0.4, 0.5) is 14.9 Å². The molecule has 0 spiro atoms. The van der Waals surface area contributed by atoms with Crippen LogP contribution in [0.15, 0.2) is 24.3 Å². The van der Waals surface area contributed by atoms with Crippen LogP contribution in [0.25, 0.3) is 0 Å². The molecule has 2 saturated heterocycles. The molecule has 2 heterocycles. The first-order valence-electron chi connectivity index (χ1n) is 11.3. The van der Waals surface area contributed by atoms with Crippen LogP contribution >= 0.6 is 0 Å². The molecular weight excluding hydrogens is 431 g/mol. The van der Waals surface area contributed by atoms with Gasteiger partial charge in [-0.15, -0.1) is 0 Å². The monoisotopic (exact) mass is 462 g/mol. The van der Waals surface area contributed by atoms with Gasteiger partial charge in [0, 0.05) is 31.2 Å². The minimum absolute atomic E-state index is 0.118. The molecule has 33 heavy (non-hydrogen) atoms. The summed E-state index contributed by atoms with van der Waals surface area (Å²) < 4.78 is 13.4. The van der Waals surface area contributed by atoms with E-state index in [-0.39, 0.29) is 43.3 Å². The largest absolute Gasteiger partial charge is 0.370 e. The molecule has 1 aromatic carbocycles. The molecule has 0 aliphatic carbocycles. The Morgan fingerprint density at radius 1 is 1.21 bits per heavy atom. The fourth-order valence-corrected chi connectivity index (χ4v) is 4.22. The quantitative estimate of drug-likeness (QED) is 0.356. The van der Waals surface area contributed by atoms with Gasteiger partial charge in [-0.25, -0.2) is 9.18 Å². The summed E-state index contributed by atoms with van der Waals surface area (Å²) >= 11 is 0. The average molecular weight is 463 g/mol. The molecule has 10 nitrogen and oxygen atoms in total. The Morgan fingerprint density at radius 3 is 2.73 bits per heavy atom. The molecule has 1 aromatic rings. The highest BCUT2D eigenvalue weighted by atomic mass is 19.1. The molecule has 0 radical (unpaired) electrons. The summed E-state index contributed by atoms with van der Waals surface area (Å²) in [5, 5.41) is 11.3. The first kappa shape index (κ1) is 24.4. The maximum atomic E-state index is 13.4. The molecule has 11 heteroatoms. The second-order valence-electron chi connectivity index (χ2n) is 8.39. The summed E-state index contributed by atoms with van der Waals surface area (Å²) in [5.41, 5.74) is 5.45. The number of rotatable bonds is 8. The van der Waals surface area contributed by atoms with Crippen LogP contribution in [0.1, 0.15) is 38.5 Å². The number of carbonyl (C=O) groups excluding carboxylic acids is 4. The first-order valence-corrected chi connectivity index (χ1v) is 11.3. The number of halogens is 1. The summed E-state index contributed by atoms with van der Waals surface area (Å²) in [4.78, 5) is 50.8. The van der Waals surface area contributed by atoms with E-state index in [1.807, 2.05) is 0 Å². The van der Waals surface area contributed by atoms with Crippen molar-refractivity contribution in [3.05, 3.63) is 30.1 Å². The summed E-state index contributed by atoms with van der Waals surface area (Å²) in [6.07, 6.45) is 2.92. The third-order valence-corrected chi connectivity index (χ3v) is 5.86. The highest BCUT2D eigenvalue weighted by molar-refractivity contribution is 5.91. The molecule has 2 fully saturated rings. The van der Waals surface area contributed by atoms with Gasteiger partial charge in [-0.05, 0) is 56.8 Å². The molecule has 0 unspecified atom stereocenters. The molecule has 0 bridgehead atoms. The third kappa shape index (κ3) is 7.14. The Balaban J connectivity index is 1.61. The van der Waals surface area contributed by atoms with Gasteiger partial charge in [-0.3, -0.25) is 14.4 Å². The average Bonchev–Trinajstić information content (AvgIpc) is 3.31. The van der Waals surface area contributed by atoms with E-state index in [1.54, 1.807) is 11.0 Å². The normalized spacial score (nSPS) is 22.5. The lowest BCUT2D eigenvalue weighted by Crippen LogP contribution is -2.60. The van der Waals surface area contributed by atoms with Gasteiger partial charge in [0.2, 0.25) is 17.7 Å². The number of primary amides is 1. The van der Waals surface area contributed by atoms with E-state index < -0.39 is 23.8 Å². The van der Waals surface area contributed by atoms with Crippen molar-refractivity contribution >= 4 is 29.4 Å². The van der Waals surface area contributed by atoms with Crippen LogP contribution < -0.4 is 27.0 Å². The maximum absolute atomic E-state index is 13.4. The Hall–Kier alpha value is -3.21. The first-order chi connectivity index (χ1) is 15.8. The number of nitrogens with two attached hydrogens (primary N) is 1. The van der Waals surface area contributed by atoms with Gasteiger partial charge < -0.3 is 31.9 Å². The van der Waals surface area contributed by atoms with Crippen molar-refractivity contribution in [2.24, 2.45) is 5.73 Å². The standard InChI is InChI=1S/C22H31FN6O4/c23-14-4-1-5-15(12-14)27-22(33)28-16-8-11-29(21(32)17-6-2-9-25-17)18(13-16)20(31)26-10-3-7-19(24)30/h1,4-5,12,16-18,25H,2-3,6-11,13H2,(H2,24,30)(H,26,31)(H2,27,28,33)/t16-,17-,18+/m1/s1. The molecule has 6 N–H and O–H groups in total. The number of carbonyl (C=O) groups is 4. The van der Waals surface area contributed by atoms with Crippen molar-refractivity contribution in [2.75, 3.05) is 25.0 Å². The zero-order chi connectivity index (χ0) is 23.8. The number of hydrogen-bond donors (Lipinski definition) is 5. The number of benzene rings is 1. The van der Waals surface area contributed by atoms with Crippen molar-refractivity contribution < 1.29 is 23.6 Å². The second-order valence-corrected chi connectivity index (χ2v) is 8.39. The molecular formula is C22H31FN6O4. The number of nitrogens with one attached hydrogen (secondary N) is 4. The Bertz CT molecular complexity index is 876. The van der Waals surface area contributed by atoms with E-state index in [2.05, 4.69) is 21.3 Å².